The van der Waals surface area contributed by atoms with E-state index in [0.29, 0.717) is 12.3 Å². The maximum Gasteiger partial charge on any atom is 0.222 e. The van der Waals surface area contributed by atoms with Crippen molar-refractivity contribution in [3.8, 4) is 10.4 Å². The molecule has 1 fully saturated rings. The van der Waals surface area contributed by atoms with Crippen LogP contribution in [0.15, 0.2) is 36.4 Å². The number of rotatable bonds is 5. The normalized spacial score (nSPS) is 15.7. The van der Waals surface area contributed by atoms with Gasteiger partial charge in [0.1, 0.15) is 0 Å². The first-order chi connectivity index (χ1) is 11.7. The molecule has 1 aromatic heterocycles. The smallest absolute Gasteiger partial charge is 0.222 e. The summed E-state index contributed by atoms with van der Waals surface area (Å²) < 4.78 is 0. The van der Waals surface area contributed by atoms with Gasteiger partial charge in [-0.1, -0.05) is 30.7 Å². The molecule has 0 spiro atoms. The molecule has 0 N–H and O–H groups in total. The molecule has 128 valence electrons. The van der Waals surface area contributed by atoms with Crippen molar-refractivity contribution in [1.29, 1.82) is 0 Å². The van der Waals surface area contributed by atoms with Crippen LogP contribution in [0.1, 0.15) is 24.6 Å². The molecule has 3 rings (SSSR count). The number of hydrogen-bond acceptors (Lipinski definition) is 3. The van der Waals surface area contributed by atoms with Crippen LogP contribution in [0.4, 0.5) is 0 Å². The number of benzene rings is 1. The maximum atomic E-state index is 11.9. The first-order valence-corrected chi connectivity index (χ1v) is 9.70. The highest BCUT2D eigenvalue weighted by atomic mass is 35.5. The number of hydrogen-bond donors (Lipinski definition) is 0. The summed E-state index contributed by atoms with van der Waals surface area (Å²) in [6, 6.07) is 12.4. The molecule has 1 aliphatic rings. The zero-order chi connectivity index (χ0) is 16.9. The van der Waals surface area contributed by atoms with Gasteiger partial charge >= 0.3 is 0 Å². The van der Waals surface area contributed by atoms with E-state index in [0.717, 1.165) is 44.2 Å². The van der Waals surface area contributed by atoms with Crippen molar-refractivity contribution in [2.45, 2.75) is 26.3 Å². The first-order valence-electron chi connectivity index (χ1n) is 8.50. The quantitative estimate of drug-likeness (QED) is 0.781. The fourth-order valence-corrected chi connectivity index (χ4v) is 4.24. The molecule has 2 heterocycles. The van der Waals surface area contributed by atoms with Crippen LogP contribution < -0.4 is 0 Å². The molecular formula is C19H23ClN2OS. The van der Waals surface area contributed by atoms with E-state index in [1.807, 2.05) is 34.4 Å². The molecule has 0 saturated carbocycles. The Hall–Kier alpha value is -1.36. The van der Waals surface area contributed by atoms with Gasteiger partial charge in [0.25, 0.3) is 0 Å². The lowest BCUT2D eigenvalue weighted by Gasteiger charge is -2.34. The Morgan fingerprint density at radius 2 is 1.96 bits per heavy atom. The zero-order valence-corrected chi connectivity index (χ0v) is 15.6. The third kappa shape index (κ3) is 4.38. The fraction of sp³-hybridized carbons (Fsp3) is 0.421. The van der Waals surface area contributed by atoms with E-state index in [9.17, 15) is 4.79 Å². The van der Waals surface area contributed by atoms with Gasteiger partial charge in [0.05, 0.1) is 0 Å². The molecule has 5 heteroatoms. The Morgan fingerprint density at radius 1 is 1.17 bits per heavy atom. The van der Waals surface area contributed by atoms with Crippen LogP contribution in [-0.2, 0) is 11.3 Å². The molecular weight excluding hydrogens is 340 g/mol. The maximum absolute atomic E-state index is 11.9. The lowest BCUT2D eigenvalue weighted by Crippen LogP contribution is -2.48. The van der Waals surface area contributed by atoms with E-state index < -0.39 is 0 Å². The Balaban J connectivity index is 1.56. The third-order valence-corrected chi connectivity index (χ3v) is 5.69. The first kappa shape index (κ1) is 17.5. The Bertz CT molecular complexity index is 692. The van der Waals surface area contributed by atoms with Crippen molar-refractivity contribution >= 4 is 28.8 Å². The van der Waals surface area contributed by atoms with Crippen LogP contribution in [-0.4, -0.2) is 41.9 Å². The number of halogens is 1. The van der Waals surface area contributed by atoms with Crippen molar-refractivity contribution < 1.29 is 4.79 Å². The number of carbonyl (C=O) groups excluding carboxylic acids is 1. The van der Waals surface area contributed by atoms with Gasteiger partial charge in [-0.15, -0.1) is 11.3 Å². The third-order valence-electron chi connectivity index (χ3n) is 4.34. The van der Waals surface area contributed by atoms with Gasteiger partial charge in [0, 0.05) is 53.9 Å². The summed E-state index contributed by atoms with van der Waals surface area (Å²) in [6.07, 6.45) is 1.61. The lowest BCUT2D eigenvalue weighted by molar-refractivity contribution is -0.133. The summed E-state index contributed by atoms with van der Waals surface area (Å²) >= 11 is 7.91. The molecule has 24 heavy (non-hydrogen) atoms. The summed E-state index contributed by atoms with van der Waals surface area (Å²) in [6.45, 7) is 6.64. The predicted molar refractivity (Wildman–Crippen MR) is 102 cm³/mol. The highest BCUT2D eigenvalue weighted by Crippen LogP contribution is 2.30. The van der Waals surface area contributed by atoms with Crippen LogP contribution in [0.2, 0.25) is 5.02 Å². The average Bonchev–Trinajstić information content (AvgIpc) is 3.04. The monoisotopic (exact) mass is 362 g/mol. The minimum absolute atomic E-state index is 0.302. The molecule has 0 bridgehead atoms. The van der Waals surface area contributed by atoms with E-state index in [4.69, 9.17) is 11.6 Å². The number of piperazine rings is 1. The largest absolute Gasteiger partial charge is 0.340 e. The molecule has 1 aliphatic heterocycles. The summed E-state index contributed by atoms with van der Waals surface area (Å²) in [7, 11) is 0. The van der Waals surface area contributed by atoms with Crippen LogP contribution in [0.3, 0.4) is 0 Å². The topological polar surface area (TPSA) is 23.6 Å². The highest BCUT2D eigenvalue weighted by Gasteiger charge is 2.20. The second-order valence-corrected chi connectivity index (χ2v) is 7.79. The summed E-state index contributed by atoms with van der Waals surface area (Å²) in [5.41, 5.74) is 1.17. The Kier molecular flexibility index (Phi) is 5.93. The number of thiophene rings is 1. The van der Waals surface area contributed by atoms with Crippen LogP contribution in [0.25, 0.3) is 10.4 Å². The Morgan fingerprint density at radius 3 is 2.67 bits per heavy atom. The van der Waals surface area contributed by atoms with E-state index in [1.165, 1.54) is 15.3 Å². The van der Waals surface area contributed by atoms with Crippen molar-refractivity contribution in [3.63, 3.8) is 0 Å². The highest BCUT2D eigenvalue weighted by molar-refractivity contribution is 7.15. The molecule has 0 aliphatic carbocycles. The molecule has 1 amide bonds. The van der Waals surface area contributed by atoms with Gasteiger partial charge in [0.2, 0.25) is 5.91 Å². The second-order valence-electron chi connectivity index (χ2n) is 6.18. The summed E-state index contributed by atoms with van der Waals surface area (Å²) in [5, 5.41) is 0.773. The van der Waals surface area contributed by atoms with Crippen molar-refractivity contribution in [2.24, 2.45) is 0 Å². The minimum Gasteiger partial charge on any atom is -0.340 e. The summed E-state index contributed by atoms with van der Waals surface area (Å²) in [4.78, 5) is 19.0. The van der Waals surface area contributed by atoms with E-state index >= 15 is 0 Å². The van der Waals surface area contributed by atoms with Crippen LogP contribution in [0, 0.1) is 0 Å². The number of carbonyl (C=O) groups is 1. The van der Waals surface area contributed by atoms with Gasteiger partial charge in [-0.25, -0.2) is 0 Å². The van der Waals surface area contributed by atoms with Gasteiger partial charge in [0.15, 0.2) is 0 Å². The van der Waals surface area contributed by atoms with Crippen LogP contribution >= 0.6 is 22.9 Å². The van der Waals surface area contributed by atoms with Crippen molar-refractivity contribution in [2.75, 3.05) is 26.2 Å². The average molecular weight is 363 g/mol. The van der Waals surface area contributed by atoms with Gasteiger partial charge in [-0.2, -0.15) is 0 Å². The van der Waals surface area contributed by atoms with Crippen LogP contribution in [0.5, 0.6) is 0 Å². The van der Waals surface area contributed by atoms with E-state index in [-0.39, 0.29) is 0 Å². The molecule has 3 nitrogen and oxygen atoms in total. The molecule has 0 radical (unpaired) electrons. The molecule has 1 saturated heterocycles. The predicted octanol–water partition coefficient (Wildman–Crippen LogP) is 4.51. The number of nitrogens with zero attached hydrogens (tertiary/aromatic N) is 2. The van der Waals surface area contributed by atoms with Gasteiger partial charge < -0.3 is 4.90 Å². The minimum atomic E-state index is 0.302. The molecule has 2 aromatic rings. The second kappa shape index (κ2) is 8.15. The Labute approximate surface area is 152 Å². The van der Waals surface area contributed by atoms with Gasteiger partial charge in [-0.3, -0.25) is 9.69 Å². The summed E-state index contributed by atoms with van der Waals surface area (Å²) in [5.74, 6) is 0.302. The van der Waals surface area contributed by atoms with Crippen molar-refractivity contribution in [1.82, 2.24) is 9.80 Å². The molecule has 0 atom stereocenters. The molecule has 1 aromatic carbocycles. The fourth-order valence-electron chi connectivity index (χ4n) is 3.01. The number of amides is 1. The lowest BCUT2D eigenvalue weighted by atomic mass is 10.2. The zero-order valence-electron chi connectivity index (χ0n) is 14.0. The SMILES string of the molecule is CCCC(=O)N1CCN(Cc2ccc(-c3cccc(Cl)c3)s2)CC1. The van der Waals surface area contributed by atoms with Crippen molar-refractivity contribution in [3.05, 3.63) is 46.3 Å². The van der Waals surface area contributed by atoms with E-state index in [2.05, 4.69) is 30.0 Å². The van der Waals surface area contributed by atoms with Gasteiger partial charge in [-0.05, 0) is 36.2 Å². The molecule has 0 unspecified atom stereocenters. The van der Waals surface area contributed by atoms with E-state index in [1.54, 1.807) is 0 Å². The standard InChI is InChI=1S/C19H23ClN2OS/c1-2-4-19(23)22-11-9-21(10-12-22)14-17-7-8-18(24-17)15-5-3-6-16(20)13-15/h3,5-8,13H,2,4,9-12,14H2,1H3.